The van der Waals surface area contributed by atoms with Gasteiger partial charge in [0, 0.05) is 19.9 Å². The zero-order valence-electron chi connectivity index (χ0n) is 6.24. The minimum Gasteiger partial charge on any atom is -0.379 e. The number of hydrogen-bond acceptors (Lipinski definition) is 4. The molecule has 2 N–H and O–H groups in total. The quantitative estimate of drug-likeness (QED) is 0.786. The Morgan fingerprint density at radius 2 is 2.45 bits per heavy atom. The Morgan fingerprint density at radius 3 is 2.91 bits per heavy atom. The fraction of sp³-hybridized carbons (Fsp3) is 0.500. The Bertz CT molecular complexity index is 204. The summed E-state index contributed by atoms with van der Waals surface area (Å²) in [6.45, 7) is 1.16. The molecule has 0 aliphatic rings. The fourth-order valence-electron chi connectivity index (χ4n) is 0.651. The molecule has 0 aliphatic heterocycles. The van der Waals surface area contributed by atoms with Gasteiger partial charge >= 0.3 is 0 Å². The molecular formula is C6H11ClN2OS. The van der Waals surface area contributed by atoms with Crippen LogP contribution >= 0.6 is 23.7 Å². The van der Waals surface area contributed by atoms with E-state index in [1.54, 1.807) is 24.6 Å². The van der Waals surface area contributed by atoms with E-state index in [-0.39, 0.29) is 12.4 Å². The van der Waals surface area contributed by atoms with Crippen molar-refractivity contribution < 1.29 is 4.74 Å². The molecule has 1 rings (SSSR count). The molecule has 11 heavy (non-hydrogen) atoms. The third-order valence-corrected chi connectivity index (χ3v) is 2.06. The number of nitrogens with two attached hydrogens (primary N) is 1. The van der Waals surface area contributed by atoms with E-state index in [2.05, 4.69) is 4.98 Å². The number of halogens is 1. The van der Waals surface area contributed by atoms with E-state index in [0.717, 1.165) is 9.88 Å². The van der Waals surface area contributed by atoms with Gasteiger partial charge in [-0.3, -0.25) is 0 Å². The van der Waals surface area contributed by atoms with Crippen molar-refractivity contribution in [2.24, 2.45) is 5.73 Å². The van der Waals surface area contributed by atoms with Crippen LogP contribution in [-0.4, -0.2) is 12.1 Å². The lowest BCUT2D eigenvalue weighted by Gasteiger charge is -1.89. The molecule has 1 heterocycles. The second kappa shape index (κ2) is 5.49. The fourth-order valence-corrected chi connectivity index (χ4v) is 1.42. The van der Waals surface area contributed by atoms with Gasteiger partial charge in [-0.05, 0) is 0 Å². The Morgan fingerprint density at radius 1 is 1.73 bits per heavy atom. The van der Waals surface area contributed by atoms with Crippen molar-refractivity contribution >= 4 is 23.7 Å². The lowest BCUT2D eigenvalue weighted by atomic mass is 10.6. The molecule has 0 aromatic carbocycles. The van der Waals surface area contributed by atoms with Crippen molar-refractivity contribution in [3.05, 3.63) is 16.1 Å². The molecule has 64 valence electrons. The van der Waals surface area contributed by atoms with Gasteiger partial charge in [-0.1, -0.05) is 0 Å². The van der Waals surface area contributed by atoms with Crippen molar-refractivity contribution in [1.82, 2.24) is 4.98 Å². The third-order valence-electron chi connectivity index (χ3n) is 1.06. The van der Waals surface area contributed by atoms with Gasteiger partial charge < -0.3 is 10.5 Å². The highest BCUT2D eigenvalue weighted by atomic mass is 35.5. The molecule has 0 atom stereocenters. The maximum absolute atomic E-state index is 5.37. The normalized spacial score (nSPS) is 9.27. The van der Waals surface area contributed by atoms with E-state index in [1.165, 1.54) is 0 Å². The van der Waals surface area contributed by atoms with Gasteiger partial charge in [0.15, 0.2) is 0 Å². The lowest BCUT2D eigenvalue weighted by Crippen LogP contribution is -1.93. The van der Waals surface area contributed by atoms with Crippen LogP contribution in [0, 0.1) is 0 Å². The van der Waals surface area contributed by atoms with Crippen LogP contribution in [0.5, 0.6) is 0 Å². The number of thiazole rings is 1. The molecule has 0 amide bonds. The second-order valence-electron chi connectivity index (χ2n) is 1.86. The molecule has 0 spiro atoms. The van der Waals surface area contributed by atoms with E-state index >= 15 is 0 Å². The number of rotatable bonds is 3. The van der Waals surface area contributed by atoms with E-state index in [1.807, 2.05) is 0 Å². The van der Waals surface area contributed by atoms with Gasteiger partial charge in [0.25, 0.3) is 0 Å². The van der Waals surface area contributed by atoms with Crippen LogP contribution in [0.1, 0.15) is 9.88 Å². The molecule has 5 heteroatoms. The Balaban J connectivity index is 0.000001000. The summed E-state index contributed by atoms with van der Waals surface area (Å²) < 4.78 is 4.92. The van der Waals surface area contributed by atoms with Crippen LogP contribution in [0.15, 0.2) is 6.20 Å². The van der Waals surface area contributed by atoms with Crippen LogP contribution in [0.2, 0.25) is 0 Å². The number of aromatic nitrogens is 1. The molecule has 0 aliphatic carbocycles. The molecule has 1 aromatic rings. The highest BCUT2D eigenvalue weighted by molar-refractivity contribution is 7.11. The van der Waals surface area contributed by atoms with Gasteiger partial charge in [0.1, 0.15) is 5.01 Å². The zero-order valence-corrected chi connectivity index (χ0v) is 7.87. The van der Waals surface area contributed by atoms with Crippen LogP contribution in [0.4, 0.5) is 0 Å². The summed E-state index contributed by atoms with van der Waals surface area (Å²) >= 11 is 1.60. The lowest BCUT2D eigenvalue weighted by molar-refractivity contribution is 0.187. The minimum atomic E-state index is 0. The smallest absolute Gasteiger partial charge is 0.106 e. The molecule has 0 saturated heterocycles. The minimum absolute atomic E-state index is 0. The number of hydrogen-bond donors (Lipinski definition) is 1. The van der Waals surface area contributed by atoms with Crippen LogP contribution < -0.4 is 5.73 Å². The Kier molecular flexibility index (Phi) is 5.41. The largest absolute Gasteiger partial charge is 0.379 e. The highest BCUT2D eigenvalue weighted by Crippen LogP contribution is 2.12. The van der Waals surface area contributed by atoms with Crippen molar-refractivity contribution in [3.63, 3.8) is 0 Å². The first-order valence-electron chi connectivity index (χ1n) is 2.99. The number of ether oxygens (including phenoxy) is 1. The van der Waals surface area contributed by atoms with E-state index in [9.17, 15) is 0 Å². The number of methoxy groups -OCH3 is 1. The van der Waals surface area contributed by atoms with Gasteiger partial charge in [0.05, 0.1) is 11.5 Å². The van der Waals surface area contributed by atoms with E-state index in [0.29, 0.717) is 13.2 Å². The maximum atomic E-state index is 5.37. The molecule has 0 fully saturated rings. The average molecular weight is 195 g/mol. The SMILES string of the molecule is COCc1cnc(CN)s1.Cl. The molecule has 0 unspecified atom stereocenters. The molecule has 0 radical (unpaired) electrons. The molecular weight excluding hydrogens is 184 g/mol. The van der Waals surface area contributed by atoms with Gasteiger partial charge in [-0.15, -0.1) is 23.7 Å². The number of nitrogens with zero attached hydrogens (tertiary/aromatic N) is 1. The van der Waals surface area contributed by atoms with Crippen LogP contribution in [0.3, 0.4) is 0 Å². The molecule has 1 aromatic heterocycles. The predicted molar refractivity (Wildman–Crippen MR) is 48.0 cm³/mol. The van der Waals surface area contributed by atoms with Crippen molar-refractivity contribution in [1.29, 1.82) is 0 Å². The van der Waals surface area contributed by atoms with Crippen molar-refractivity contribution in [2.45, 2.75) is 13.2 Å². The first-order chi connectivity index (χ1) is 4.86. The summed E-state index contributed by atoms with van der Waals surface area (Å²) in [6.07, 6.45) is 1.80. The third kappa shape index (κ3) is 3.16. The Labute approximate surface area is 76.0 Å². The summed E-state index contributed by atoms with van der Waals surface area (Å²) in [4.78, 5) is 5.19. The van der Waals surface area contributed by atoms with Gasteiger partial charge in [0.2, 0.25) is 0 Å². The summed E-state index contributed by atoms with van der Waals surface area (Å²) in [5, 5.41) is 0.965. The van der Waals surface area contributed by atoms with Crippen LogP contribution in [-0.2, 0) is 17.9 Å². The maximum Gasteiger partial charge on any atom is 0.106 e. The first kappa shape index (κ1) is 10.8. The first-order valence-corrected chi connectivity index (χ1v) is 3.81. The average Bonchev–Trinajstić information content (AvgIpc) is 2.37. The van der Waals surface area contributed by atoms with Crippen LogP contribution in [0.25, 0.3) is 0 Å². The Hall–Kier alpha value is -0.160. The van der Waals surface area contributed by atoms with Crippen molar-refractivity contribution in [2.75, 3.05) is 7.11 Å². The monoisotopic (exact) mass is 194 g/mol. The van der Waals surface area contributed by atoms with Crippen molar-refractivity contribution in [3.8, 4) is 0 Å². The summed E-state index contributed by atoms with van der Waals surface area (Å²) in [7, 11) is 1.67. The predicted octanol–water partition coefficient (Wildman–Crippen LogP) is 1.17. The van der Waals surface area contributed by atoms with E-state index < -0.39 is 0 Å². The standard InChI is InChI=1S/C6H10N2OS.ClH/c1-9-4-5-3-8-6(2-7)10-5;/h3H,2,4,7H2,1H3;1H. The van der Waals surface area contributed by atoms with Gasteiger partial charge in [-0.2, -0.15) is 0 Å². The topological polar surface area (TPSA) is 48.1 Å². The molecule has 0 saturated carbocycles. The summed E-state index contributed by atoms with van der Waals surface area (Å²) in [5.41, 5.74) is 5.37. The summed E-state index contributed by atoms with van der Waals surface area (Å²) in [5.74, 6) is 0. The van der Waals surface area contributed by atoms with E-state index in [4.69, 9.17) is 10.5 Å². The zero-order chi connectivity index (χ0) is 7.40. The second-order valence-corrected chi connectivity index (χ2v) is 3.06. The molecule has 3 nitrogen and oxygen atoms in total. The van der Waals surface area contributed by atoms with Gasteiger partial charge in [-0.25, -0.2) is 4.98 Å². The highest BCUT2D eigenvalue weighted by Gasteiger charge is 1.97. The summed E-state index contributed by atoms with van der Waals surface area (Å²) in [6, 6.07) is 0. The molecule has 0 bridgehead atoms.